The Kier molecular flexibility index (Phi) is 8.18. The highest BCUT2D eigenvalue weighted by Crippen LogP contribution is 2.51. The van der Waals surface area contributed by atoms with Gasteiger partial charge in [0.15, 0.2) is 0 Å². The van der Waals surface area contributed by atoms with E-state index in [0.29, 0.717) is 5.56 Å². The smallest absolute Gasteiger partial charge is 0.498 e. The summed E-state index contributed by atoms with van der Waals surface area (Å²) in [5, 5.41) is 11.1. The molecule has 0 amide bonds. The van der Waals surface area contributed by atoms with Crippen LogP contribution >= 0.6 is 0 Å². The van der Waals surface area contributed by atoms with E-state index in [1.54, 1.807) is 30.3 Å². The van der Waals surface area contributed by atoms with Crippen LogP contribution in [0.5, 0.6) is 0 Å². The number of non-ortho nitro benzene ring substituents is 1. The molecule has 2 heterocycles. The van der Waals surface area contributed by atoms with Crippen molar-refractivity contribution in [1.29, 1.82) is 0 Å². The van der Waals surface area contributed by atoms with Crippen molar-refractivity contribution < 1.29 is 45.4 Å². The van der Waals surface area contributed by atoms with Gasteiger partial charge in [0.25, 0.3) is 15.7 Å². The number of amidine groups is 1. The summed E-state index contributed by atoms with van der Waals surface area (Å²) in [5.74, 6) is -3.26. The van der Waals surface area contributed by atoms with Crippen LogP contribution in [0, 0.1) is 10.1 Å². The zero-order chi connectivity index (χ0) is 31.8. The third-order valence-corrected chi connectivity index (χ3v) is 8.20. The maximum atomic E-state index is 13.7. The molecular weight excluding hydrogens is 608 g/mol. The number of nitro groups is 1. The molecule has 0 N–H and O–H groups in total. The van der Waals surface area contributed by atoms with Gasteiger partial charge in [-0.2, -0.15) is 21.6 Å². The number of likely N-dealkylation sites (N-methyl/N-ethyl adjacent to an activating group) is 1. The Morgan fingerprint density at radius 3 is 2.14 bits per heavy atom. The highest BCUT2D eigenvalue weighted by atomic mass is 32.2. The number of hydrogen-bond donors (Lipinski definition) is 0. The van der Waals surface area contributed by atoms with Crippen LogP contribution in [-0.2, 0) is 35.1 Å². The second-order valence-electron chi connectivity index (χ2n) is 10.00. The van der Waals surface area contributed by atoms with Crippen LogP contribution in [0.25, 0.3) is 0 Å². The average Bonchev–Trinajstić information content (AvgIpc) is 2.94. The average molecular weight is 630 g/mol. The van der Waals surface area contributed by atoms with Crippen molar-refractivity contribution in [2.75, 3.05) is 25.0 Å². The van der Waals surface area contributed by atoms with Crippen molar-refractivity contribution >= 4 is 46.3 Å². The van der Waals surface area contributed by atoms with Crippen molar-refractivity contribution in [3.05, 3.63) is 100 Å². The molecule has 3 aromatic rings. The summed E-state index contributed by atoms with van der Waals surface area (Å²) >= 11 is 0. The first kappa shape index (κ1) is 30.7. The largest absolute Gasteiger partial charge is 0.612 e. The number of alkyl halides is 3. The standard InChI is InChI=1S/C27H22BF3N4O8S/c1-33-15-22(36)42-28(43-23(37)16-33)24-25(17-6-3-2-4-7-17)34(20-9-5-8-18(14-20)27(29,30)31)26(24)32-44(40,41)21-12-10-19(11-13-21)35(38)39/h2-14,24-25H,15-16H2,1H3/b32-26+/t24?,25-/m1/s1. The molecule has 3 aromatic carbocycles. The van der Waals surface area contributed by atoms with Gasteiger partial charge in [0.05, 0.1) is 34.5 Å². The normalized spacial score (nSPS) is 20.8. The summed E-state index contributed by atoms with van der Waals surface area (Å²) in [6.07, 6.45) is -4.73. The number of rotatable bonds is 6. The molecule has 2 atom stereocenters. The molecule has 5 rings (SSSR count). The van der Waals surface area contributed by atoms with E-state index in [0.717, 1.165) is 42.5 Å². The Labute approximate surface area is 249 Å². The molecule has 0 saturated carbocycles. The van der Waals surface area contributed by atoms with Crippen molar-refractivity contribution in [3.63, 3.8) is 0 Å². The van der Waals surface area contributed by atoms with Gasteiger partial charge in [0.1, 0.15) is 11.7 Å². The SMILES string of the molecule is CN1CC(=O)OB(C2/C(=N\S(=O)(=O)c3ccc([N+](=O)[O-])cc3)N(c3cccc(C(F)(F)F)c3)[C@@H]2c2ccccc2)OC(=O)C1. The van der Waals surface area contributed by atoms with Gasteiger partial charge in [-0.15, -0.1) is 4.40 Å². The summed E-state index contributed by atoms with van der Waals surface area (Å²) < 4.78 is 83.0. The lowest BCUT2D eigenvalue weighted by Crippen LogP contribution is -2.60. The van der Waals surface area contributed by atoms with Crippen LogP contribution in [-0.4, -0.2) is 63.3 Å². The Morgan fingerprint density at radius 1 is 0.955 bits per heavy atom. The molecule has 2 saturated heterocycles. The van der Waals surface area contributed by atoms with Crippen molar-refractivity contribution in [1.82, 2.24) is 4.90 Å². The van der Waals surface area contributed by atoms with Gasteiger partial charge in [-0.25, -0.2) is 0 Å². The van der Waals surface area contributed by atoms with E-state index in [1.165, 1.54) is 22.9 Å². The lowest BCUT2D eigenvalue weighted by atomic mass is 9.59. The molecule has 17 heteroatoms. The number of nitrogens with zero attached hydrogens (tertiary/aromatic N) is 4. The summed E-state index contributed by atoms with van der Waals surface area (Å²) in [4.78, 5) is 37.8. The van der Waals surface area contributed by atoms with Crippen LogP contribution in [0.1, 0.15) is 17.2 Å². The zero-order valence-corrected chi connectivity index (χ0v) is 23.6. The summed E-state index contributed by atoms with van der Waals surface area (Å²) in [5.41, 5.74) is -1.03. The number of sulfonamides is 1. The third-order valence-electron chi connectivity index (χ3n) is 6.90. The highest BCUT2D eigenvalue weighted by molar-refractivity contribution is 7.90. The first-order chi connectivity index (χ1) is 20.7. The predicted molar refractivity (Wildman–Crippen MR) is 150 cm³/mol. The molecule has 1 unspecified atom stereocenters. The molecule has 0 spiro atoms. The van der Waals surface area contributed by atoms with E-state index in [-0.39, 0.29) is 30.3 Å². The molecule has 0 bridgehead atoms. The van der Waals surface area contributed by atoms with Gasteiger partial charge in [0.2, 0.25) is 0 Å². The molecule has 2 aliphatic heterocycles. The summed E-state index contributed by atoms with van der Waals surface area (Å²) in [6.45, 7) is -0.585. The number of benzene rings is 3. The molecule has 2 aliphatic rings. The van der Waals surface area contributed by atoms with Gasteiger partial charge >= 0.3 is 25.2 Å². The molecule has 0 radical (unpaired) electrons. The maximum absolute atomic E-state index is 13.7. The quantitative estimate of drug-likeness (QED) is 0.223. The monoisotopic (exact) mass is 630 g/mol. The van der Waals surface area contributed by atoms with E-state index >= 15 is 0 Å². The highest BCUT2D eigenvalue weighted by Gasteiger charge is 2.59. The van der Waals surface area contributed by atoms with E-state index in [9.17, 15) is 41.3 Å². The Bertz CT molecular complexity index is 1720. The third kappa shape index (κ3) is 6.28. The lowest BCUT2D eigenvalue weighted by Gasteiger charge is -2.50. The van der Waals surface area contributed by atoms with Crippen molar-refractivity contribution in [2.45, 2.75) is 22.9 Å². The molecule has 0 aromatic heterocycles. The predicted octanol–water partition coefficient (Wildman–Crippen LogP) is 3.85. The number of carbonyl (C=O) groups excluding carboxylic acids is 2. The lowest BCUT2D eigenvalue weighted by molar-refractivity contribution is -0.384. The summed E-state index contributed by atoms with van der Waals surface area (Å²) in [7, 11) is -4.87. The number of anilines is 1. The number of hydrogen-bond acceptors (Lipinski definition) is 9. The van der Waals surface area contributed by atoms with Crippen LogP contribution in [0.15, 0.2) is 88.2 Å². The second-order valence-corrected chi connectivity index (χ2v) is 11.6. The fraction of sp³-hybridized carbons (Fsp3) is 0.222. The first-order valence-corrected chi connectivity index (χ1v) is 14.4. The molecule has 12 nitrogen and oxygen atoms in total. The van der Waals surface area contributed by atoms with E-state index < -0.39 is 62.5 Å². The fourth-order valence-electron chi connectivity index (χ4n) is 4.95. The number of nitro benzene ring substituents is 1. The summed E-state index contributed by atoms with van der Waals surface area (Å²) in [6, 6.07) is 15.2. The molecule has 228 valence electrons. The van der Waals surface area contributed by atoms with E-state index in [2.05, 4.69) is 4.40 Å². The topological polar surface area (TPSA) is 149 Å². The number of halogens is 3. The van der Waals surface area contributed by atoms with Crippen molar-refractivity contribution in [2.24, 2.45) is 4.40 Å². The fourth-order valence-corrected chi connectivity index (χ4v) is 5.99. The molecular formula is C27H22BF3N4O8S. The minimum atomic E-state index is -4.73. The minimum absolute atomic E-state index is 0.0918. The van der Waals surface area contributed by atoms with Gasteiger partial charge < -0.3 is 14.2 Å². The maximum Gasteiger partial charge on any atom is 0.612 e. The van der Waals surface area contributed by atoms with Gasteiger partial charge in [-0.3, -0.25) is 24.6 Å². The Morgan fingerprint density at radius 2 is 1.57 bits per heavy atom. The Balaban J connectivity index is 1.69. The number of carbonyl (C=O) groups is 2. The zero-order valence-electron chi connectivity index (χ0n) is 22.7. The van der Waals surface area contributed by atoms with Gasteiger partial charge in [-0.1, -0.05) is 36.4 Å². The van der Waals surface area contributed by atoms with Crippen LogP contribution in [0.4, 0.5) is 24.5 Å². The Hall–Kier alpha value is -4.77. The molecule has 2 fully saturated rings. The first-order valence-electron chi connectivity index (χ1n) is 12.9. The minimum Gasteiger partial charge on any atom is -0.498 e. The van der Waals surface area contributed by atoms with E-state index in [4.69, 9.17) is 9.31 Å². The van der Waals surface area contributed by atoms with E-state index in [1.807, 2.05) is 0 Å². The van der Waals surface area contributed by atoms with Gasteiger partial charge in [0, 0.05) is 17.8 Å². The van der Waals surface area contributed by atoms with Gasteiger partial charge in [-0.05, 0) is 42.9 Å². The molecule has 0 aliphatic carbocycles. The van der Waals surface area contributed by atoms with Crippen molar-refractivity contribution in [3.8, 4) is 0 Å². The second kappa shape index (κ2) is 11.7. The molecule has 44 heavy (non-hydrogen) atoms. The van der Waals surface area contributed by atoms with Crippen LogP contribution in [0.3, 0.4) is 0 Å². The van der Waals surface area contributed by atoms with Crippen LogP contribution in [0.2, 0.25) is 5.82 Å². The van der Waals surface area contributed by atoms with Crippen LogP contribution < -0.4 is 4.90 Å².